The lowest BCUT2D eigenvalue weighted by Gasteiger charge is -2.14. The summed E-state index contributed by atoms with van der Waals surface area (Å²) in [6.07, 6.45) is 5.44. The number of nitrogens with two attached hydrogens (primary N) is 1. The Hall–Kier alpha value is -1.33. The summed E-state index contributed by atoms with van der Waals surface area (Å²) in [5, 5.41) is 0. The van der Waals surface area contributed by atoms with Crippen molar-refractivity contribution in [1.29, 1.82) is 0 Å². The lowest BCUT2D eigenvalue weighted by atomic mass is 10.2. The van der Waals surface area contributed by atoms with E-state index in [1.54, 1.807) is 18.2 Å². The number of nitrogen functional groups attached to an aromatic ring is 1. The molecule has 3 N–H and O–H groups in total. The van der Waals surface area contributed by atoms with Gasteiger partial charge < -0.3 is 5.73 Å². The summed E-state index contributed by atoms with van der Waals surface area (Å²) in [4.78, 5) is 0.162. The third-order valence-corrected chi connectivity index (χ3v) is 4.38. The molecule has 5 heteroatoms. The Labute approximate surface area is 102 Å². The molecule has 4 nitrogen and oxygen atoms in total. The van der Waals surface area contributed by atoms with Crippen LogP contribution < -0.4 is 10.5 Å². The number of benzene rings is 1. The van der Waals surface area contributed by atoms with Crippen LogP contribution in [0.1, 0.15) is 18.4 Å². The Morgan fingerprint density at radius 3 is 2.53 bits per heavy atom. The first kappa shape index (κ1) is 12.1. The summed E-state index contributed by atoms with van der Waals surface area (Å²) in [6, 6.07) is 4.93. The maximum Gasteiger partial charge on any atom is 0.242 e. The van der Waals surface area contributed by atoms with Crippen LogP contribution in [0.25, 0.3) is 0 Å². The Bertz CT molecular complexity index is 542. The number of rotatable bonds is 3. The third kappa shape index (κ3) is 2.68. The molecule has 1 aliphatic rings. The van der Waals surface area contributed by atoms with Crippen molar-refractivity contribution in [3.05, 3.63) is 35.9 Å². The fraction of sp³-hybridized carbons (Fsp3) is 0.333. The van der Waals surface area contributed by atoms with Gasteiger partial charge in [0.1, 0.15) is 4.90 Å². The molecular formula is C12H16N2O2S. The molecule has 0 spiro atoms. The second kappa shape index (κ2) is 4.50. The van der Waals surface area contributed by atoms with Crippen LogP contribution in [0.4, 0.5) is 5.69 Å². The molecule has 0 amide bonds. The summed E-state index contributed by atoms with van der Waals surface area (Å²) in [7, 11) is -3.51. The molecule has 92 valence electrons. The van der Waals surface area contributed by atoms with Crippen molar-refractivity contribution in [3.63, 3.8) is 0 Å². The van der Waals surface area contributed by atoms with Crippen LogP contribution in [-0.4, -0.2) is 14.5 Å². The Morgan fingerprint density at radius 1 is 1.29 bits per heavy atom. The lowest BCUT2D eigenvalue weighted by Crippen LogP contribution is -2.33. The quantitative estimate of drug-likeness (QED) is 0.633. The minimum Gasteiger partial charge on any atom is -0.398 e. The van der Waals surface area contributed by atoms with Crippen LogP contribution in [0.2, 0.25) is 0 Å². The van der Waals surface area contributed by atoms with Crippen molar-refractivity contribution in [2.75, 3.05) is 5.73 Å². The molecule has 0 aliphatic heterocycles. The fourth-order valence-electron chi connectivity index (χ4n) is 1.91. The van der Waals surface area contributed by atoms with Gasteiger partial charge in [0.15, 0.2) is 0 Å². The van der Waals surface area contributed by atoms with Crippen molar-refractivity contribution in [2.45, 2.75) is 30.7 Å². The summed E-state index contributed by atoms with van der Waals surface area (Å²) in [6.45, 7) is 1.88. The molecule has 0 saturated heterocycles. The molecule has 2 rings (SSSR count). The smallest absolute Gasteiger partial charge is 0.242 e. The lowest BCUT2D eigenvalue weighted by molar-refractivity contribution is 0.558. The second-order valence-electron chi connectivity index (χ2n) is 4.30. The monoisotopic (exact) mass is 252 g/mol. The fourth-order valence-corrected chi connectivity index (χ4v) is 3.28. The average molecular weight is 252 g/mol. The predicted octanol–water partition coefficient (Wildman–Crippen LogP) is 1.57. The van der Waals surface area contributed by atoms with Gasteiger partial charge in [-0.1, -0.05) is 18.2 Å². The van der Waals surface area contributed by atoms with Gasteiger partial charge in [-0.05, 0) is 37.5 Å². The third-order valence-electron chi connectivity index (χ3n) is 2.78. The molecule has 0 atom stereocenters. The van der Waals surface area contributed by atoms with E-state index in [1.165, 1.54) is 0 Å². The van der Waals surface area contributed by atoms with Crippen molar-refractivity contribution in [2.24, 2.45) is 0 Å². The first-order valence-electron chi connectivity index (χ1n) is 5.52. The van der Waals surface area contributed by atoms with Crippen LogP contribution in [0.15, 0.2) is 35.2 Å². The average Bonchev–Trinajstić information content (AvgIpc) is 2.68. The van der Waals surface area contributed by atoms with E-state index in [9.17, 15) is 8.42 Å². The van der Waals surface area contributed by atoms with Crippen LogP contribution in [0, 0.1) is 6.92 Å². The predicted molar refractivity (Wildman–Crippen MR) is 68.1 cm³/mol. The minimum absolute atomic E-state index is 0.0410. The van der Waals surface area contributed by atoms with Gasteiger partial charge in [0, 0.05) is 6.04 Å². The van der Waals surface area contributed by atoms with Crippen LogP contribution >= 0.6 is 0 Å². The van der Waals surface area contributed by atoms with Crippen LogP contribution in [0.3, 0.4) is 0 Å². The molecule has 0 bridgehead atoms. The van der Waals surface area contributed by atoms with Gasteiger partial charge in [-0.3, -0.25) is 0 Å². The second-order valence-corrected chi connectivity index (χ2v) is 5.98. The van der Waals surface area contributed by atoms with Crippen molar-refractivity contribution < 1.29 is 8.42 Å². The molecule has 1 aromatic rings. The van der Waals surface area contributed by atoms with Gasteiger partial charge >= 0.3 is 0 Å². The van der Waals surface area contributed by atoms with E-state index in [0.29, 0.717) is 5.69 Å². The first-order valence-corrected chi connectivity index (χ1v) is 7.01. The first-order chi connectivity index (χ1) is 7.99. The van der Waals surface area contributed by atoms with E-state index < -0.39 is 10.0 Å². The van der Waals surface area contributed by atoms with E-state index in [4.69, 9.17) is 5.73 Å². The Morgan fingerprint density at radius 2 is 1.94 bits per heavy atom. The van der Waals surface area contributed by atoms with E-state index in [1.807, 2.05) is 19.1 Å². The molecule has 1 aromatic carbocycles. The van der Waals surface area contributed by atoms with Crippen molar-refractivity contribution in [1.82, 2.24) is 4.72 Å². The number of hydrogen-bond donors (Lipinski definition) is 2. The topological polar surface area (TPSA) is 72.2 Å². The van der Waals surface area contributed by atoms with Gasteiger partial charge in [-0.15, -0.1) is 0 Å². The Balaban J connectivity index is 2.25. The molecule has 0 unspecified atom stereocenters. The maximum atomic E-state index is 12.1. The number of hydrogen-bond acceptors (Lipinski definition) is 3. The Kier molecular flexibility index (Phi) is 3.22. The molecule has 0 radical (unpaired) electrons. The van der Waals surface area contributed by atoms with Crippen molar-refractivity contribution in [3.8, 4) is 0 Å². The largest absolute Gasteiger partial charge is 0.398 e. The normalized spacial score (nSPS) is 16.5. The summed E-state index contributed by atoms with van der Waals surface area (Å²) in [5.41, 5.74) is 6.99. The van der Waals surface area contributed by atoms with Crippen LogP contribution in [-0.2, 0) is 10.0 Å². The highest BCUT2D eigenvalue weighted by atomic mass is 32.2. The standard InChI is InChI=1S/C12H16N2O2S/c1-9-6-7-12(11(13)8-9)17(15,16)14-10-4-2-3-5-10/h2-3,6-8,10,14H,4-5,13H2,1H3. The maximum absolute atomic E-state index is 12.1. The summed E-state index contributed by atoms with van der Waals surface area (Å²) < 4.78 is 26.9. The molecule has 0 saturated carbocycles. The molecule has 0 heterocycles. The number of sulfonamides is 1. The molecule has 17 heavy (non-hydrogen) atoms. The zero-order valence-electron chi connectivity index (χ0n) is 9.68. The summed E-state index contributed by atoms with van der Waals surface area (Å²) in [5.74, 6) is 0. The molecule has 0 fully saturated rings. The SMILES string of the molecule is Cc1ccc(S(=O)(=O)NC2CC=CC2)c(N)c1. The van der Waals surface area contributed by atoms with E-state index in [-0.39, 0.29) is 10.9 Å². The van der Waals surface area contributed by atoms with Gasteiger partial charge in [-0.25, -0.2) is 13.1 Å². The highest BCUT2D eigenvalue weighted by molar-refractivity contribution is 7.89. The number of nitrogens with one attached hydrogen (secondary N) is 1. The van der Waals surface area contributed by atoms with E-state index >= 15 is 0 Å². The number of aryl methyl sites for hydroxylation is 1. The van der Waals surface area contributed by atoms with Gasteiger partial charge in [0.05, 0.1) is 5.69 Å². The van der Waals surface area contributed by atoms with Gasteiger partial charge in [0.2, 0.25) is 10.0 Å². The van der Waals surface area contributed by atoms with E-state index in [0.717, 1.165) is 18.4 Å². The molecule has 0 aromatic heterocycles. The zero-order chi connectivity index (χ0) is 12.5. The van der Waals surface area contributed by atoms with Gasteiger partial charge in [0.25, 0.3) is 0 Å². The zero-order valence-corrected chi connectivity index (χ0v) is 10.5. The van der Waals surface area contributed by atoms with Crippen molar-refractivity contribution >= 4 is 15.7 Å². The van der Waals surface area contributed by atoms with E-state index in [2.05, 4.69) is 4.72 Å². The highest BCUT2D eigenvalue weighted by Gasteiger charge is 2.22. The minimum atomic E-state index is -3.51. The highest BCUT2D eigenvalue weighted by Crippen LogP contribution is 2.21. The van der Waals surface area contributed by atoms with Crippen LogP contribution in [0.5, 0.6) is 0 Å². The summed E-state index contributed by atoms with van der Waals surface area (Å²) >= 11 is 0. The molecule has 1 aliphatic carbocycles. The van der Waals surface area contributed by atoms with Gasteiger partial charge in [-0.2, -0.15) is 0 Å². The number of anilines is 1. The molecular weight excluding hydrogens is 236 g/mol.